The summed E-state index contributed by atoms with van der Waals surface area (Å²) in [5.41, 5.74) is 0. The lowest BCUT2D eigenvalue weighted by atomic mass is 10.3. The van der Waals surface area contributed by atoms with Gasteiger partial charge in [-0.15, -0.1) is 0 Å². The quantitative estimate of drug-likeness (QED) is 0.500. The zero-order chi connectivity index (χ0) is 11.0. The molecule has 0 N–H and O–H groups in total. The first-order chi connectivity index (χ1) is 6.60. The van der Waals surface area contributed by atoms with Crippen molar-refractivity contribution >= 4 is 11.9 Å². The number of rotatable bonds is 6. The molecule has 0 aliphatic rings. The van der Waals surface area contributed by atoms with E-state index < -0.39 is 11.9 Å². The number of ether oxygens (including phenoxy) is 2. The molecule has 15 heavy (non-hydrogen) atoms. The Kier molecular flexibility index (Phi) is 9.52. The Bertz CT molecular complexity index is 233. The Morgan fingerprint density at radius 1 is 1.27 bits per heavy atom. The van der Waals surface area contributed by atoms with Crippen LogP contribution in [0.2, 0.25) is 0 Å². The van der Waals surface area contributed by atoms with Crippen molar-refractivity contribution in [1.29, 1.82) is 0 Å². The lowest BCUT2D eigenvalue weighted by Gasteiger charge is -2.11. The van der Waals surface area contributed by atoms with Crippen molar-refractivity contribution < 1.29 is 19.1 Å². The maximum Gasteiger partial charge on any atom is 0.330 e. The minimum Gasteiger partial charge on any atom is -0.462 e. The molecule has 1 atom stereocenters. The molecule has 1 unspecified atom stereocenters. The number of esters is 2. The molecule has 86 valence electrons. The number of carbonyl (C=O) groups is 2. The third-order valence-corrected chi connectivity index (χ3v) is 1.42. The smallest absolute Gasteiger partial charge is 0.330 e. The molecule has 4 nitrogen and oxygen atoms in total. The van der Waals surface area contributed by atoms with Gasteiger partial charge in [0.25, 0.3) is 0 Å². The van der Waals surface area contributed by atoms with Crippen molar-refractivity contribution in [3.8, 4) is 0 Å². The molecular formula is C11H18O4. The molecule has 0 aliphatic carbocycles. The van der Waals surface area contributed by atoms with Gasteiger partial charge in [0.2, 0.25) is 0 Å². The van der Waals surface area contributed by atoms with E-state index in [2.05, 4.69) is 13.2 Å². The lowest BCUT2D eigenvalue weighted by Crippen LogP contribution is -2.16. The summed E-state index contributed by atoms with van der Waals surface area (Å²) < 4.78 is 9.54. The molecule has 0 aliphatic heterocycles. The molecule has 0 amide bonds. The molecule has 0 aromatic heterocycles. The third kappa shape index (κ3) is 8.74. The summed E-state index contributed by atoms with van der Waals surface area (Å²) in [5.74, 6) is -0.959. The molecule has 0 heterocycles. The van der Waals surface area contributed by atoms with Crippen LogP contribution in [0.15, 0.2) is 25.3 Å². The Morgan fingerprint density at radius 3 is 2.27 bits per heavy atom. The third-order valence-electron chi connectivity index (χ3n) is 1.42. The van der Waals surface area contributed by atoms with E-state index in [1.807, 2.05) is 0 Å². The van der Waals surface area contributed by atoms with Crippen LogP contribution in [0.4, 0.5) is 0 Å². The average Bonchev–Trinajstić information content (AvgIpc) is 2.17. The normalized spacial score (nSPS) is 10.5. The minimum atomic E-state index is -0.479. The van der Waals surface area contributed by atoms with Crippen molar-refractivity contribution in [3.05, 3.63) is 25.3 Å². The van der Waals surface area contributed by atoms with Gasteiger partial charge in [0.1, 0.15) is 6.10 Å². The van der Waals surface area contributed by atoms with Crippen LogP contribution in [0.25, 0.3) is 0 Å². The number of hydrogen-bond acceptors (Lipinski definition) is 4. The summed E-state index contributed by atoms with van der Waals surface area (Å²) >= 11 is 0. The van der Waals surface area contributed by atoms with E-state index in [4.69, 9.17) is 9.47 Å². The summed E-state index contributed by atoms with van der Waals surface area (Å²) in [7, 11) is 0. The highest BCUT2D eigenvalue weighted by Crippen LogP contribution is 1.99. The van der Waals surface area contributed by atoms with E-state index in [9.17, 15) is 9.59 Å². The van der Waals surface area contributed by atoms with E-state index in [1.54, 1.807) is 6.92 Å². The molecular weight excluding hydrogens is 196 g/mol. The van der Waals surface area contributed by atoms with E-state index in [0.717, 1.165) is 12.2 Å². The van der Waals surface area contributed by atoms with Crippen molar-refractivity contribution in [1.82, 2.24) is 0 Å². The fraction of sp³-hybridized carbons (Fsp3) is 0.455. The second kappa shape index (κ2) is 8.99. The monoisotopic (exact) mass is 214 g/mol. The maximum atomic E-state index is 10.7. The Labute approximate surface area is 90.6 Å². The van der Waals surface area contributed by atoms with Gasteiger partial charge in [0.15, 0.2) is 0 Å². The SMILES string of the molecule is C.C=CC(=O)OCCC(C)OC(=O)C=C. The van der Waals surface area contributed by atoms with E-state index in [1.165, 1.54) is 0 Å². The molecule has 0 rings (SSSR count). The van der Waals surface area contributed by atoms with Crippen LogP contribution in [0, 0.1) is 0 Å². The fourth-order valence-corrected chi connectivity index (χ4v) is 0.690. The van der Waals surface area contributed by atoms with Gasteiger partial charge in [-0.3, -0.25) is 0 Å². The van der Waals surface area contributed by atoms with Gasteiger partial charge in [-0.2, -0.15) is 0 Å². The topological polar surface area (TPSA) is 52.6 Å². The molecule has 0 fully saturated rings. The Balaban J connectivity index is 0. The van der Waals surface area contributed by atoms with Crippen LogP contribution in [-0.4, -0.2) is 24.6 Å². The highest BCUT2D eigenvalue weighted by atomic mass is 16.6. The summed E-state index contributed by atoms with van der Waals surface area (Å²) in [5, 5.41) is 0. The second-order valence-corrected chi connectivity index (χ2v) is 2.61. The lowest BCUT2D eigenvalue weighted by molar-refractivity contribution is -0.144. The number of carbonyl (C=O) groups excluding carboxylic acids is 2. The van der Waals surface area contributed by atoms with Crippen LogP contribution in [-0.2, 0) is 19.1 Å². The minimum absolute atomic E-state index is 0. The molecule has 0 spiro atoms. The first-order valence-electron chi connectivity index (χ1n) is 4.22. The Morgan fingerprint density at radius 2 is 1.80 bits per heavy atom. The van der Waals surface area contributed by atoms with Crippen LogP contribution < -0.4 is 0 Å². The zero-order valence-corrected chi connectivity index (χ0v) is 8.19. The largest absolute Gasteiger partial charge is 0.462 e. The van der Waals surface area contributed by atoms with Gasteiger partial charge >= 0.3 is 11.9 Å². The van der Waals surface area contributed by atoms with Gasteiger partial charge < -0.3 is 9.47 Å². The highest BCUT2D eigenvalue weighted by molar-refractivity contribution is 5.81. The predicted octanol–water partition coefficient (Wildman–Crippen LogP) is 1.86. The second-order valence-electron chi connectivity index (χ2n) is 2.61. The highest BCUT2D eigenvalue weighted by Gasteiger charge is 2.06. The predicted molar refractivity (Wildman–Crippen MR) is 58.3 cm³/mol. The summed E-state index contributed by atoms with van der Waals surface area (Å²) in [6.07, 6.45) is 2.34. The van der Waals surface area contributed by atoms with Crippen molar-refractivity contribution in [2.24, 2.45) is 0 Å². The fourth-order valence-electron chi connectivity index (χ4n) is 0.690. The molecule has 0 aromatic carbocycles. The molecule has 4 heteroatoms. The first-order valence-corrected chi connectivity index (χ1v) is 4.22. The van der Waals surface area contributed by atoms with Crippen LogP contribution in [0.1, 0.15) is 20.8 Å². The first kappa shape index (κ1) is 15.9. The molecule has 0 saturated carbocycles. The van der Waals surface area contributed by atoms with Crippen molar-refractivity contribution in [2.75, 3.05) is 6.61 Å². The van der Waals surface area contributed by atoms with Crippen LogP contribution in [0.3, 0.4) is 0 Å². The zero-order valence-electron chi connectivity index (χ0n) is 8.19. The van der Waals surface area contributed by atoms with E-state index >= 15 is 0 Å². The summed E-state index contributed by atoms with van der Waals surface area (Å²) in [6.45, 7) is 8.43. The maximum absolute atomic E-state index is 10.7. The van der Waals surface area contributed by atoms with Crippen LogP contribution in [0.5, 0.6) is 0 Å². The molecule has 0 aromatic rings. The number of hydrogen-bond donors (Lipinski definition) is 0. The van der Waals surface area contributed by atoms with E-state index in [-0.39, 0.29) is 20.1 Å². The molecule has 0 saturated heterocycles. The van der Waals surface area contributed by atoms with Gasteiger partial charge in [-0.1, -0.05) is 20.6 Å². The Hall–Kier alpha value is -1.58. The van der Waals surface area contributed by atoms with Crippen molar-refractivity contribution in [3.63, 3.8) is 0 Å². The molecule has 0 radical (unpaired) electrons. The van der Waals surface area contributed by atoms with Gasteiger partial charge in [-0.05, 0) is 6.92 Å². The van der Waals surface area contributed by atoms with Gasteiger partial charge in [-0.25, -0.2) is 9.59 Å². The summed E-state index contributed by atoms with van der Waals surface area (Å²) in [6, 6.07) is 0. The summed E-state index contributed by atoms with van der Waals surface area (Å²) in [4.78, 5) is 21.3. The van der Waals surface area contributed by atoms with Gasteiger partial charge in [0.05, 0.1) is 6.61 Å². The molecule has 0 bridgehead atoms. The average molecular weight is 214 g/mol. The van der Waals surface area contributed by atoms with Crippen LogP contribution >= 0.6 is 0 Å². The van der Waals surface area contributed by atoms with E-state index in [0.29, 0.717) is 6.42 Å². The van der Waals surface area contributed by atoms with Crippen molar-refractivity contribution in [2.45, 2.75) is 26.9 Å². The standard InChI is InChI=1S/C10H14O4.CH4/c1-4-9(11)13-7-6-8(3)14-10(12)5-2;/h4-5,8H,1-2,6-7H2,3H3;1H4. The van der Waals surface area contributed by atoms with Gasteiger partial charge in [0, 0.05) is 18.6 Å².